The van der Waals surface area contributed by atoms with Crippen molar-refractivity contribution >= 4 is 11.9 Å². The molecule has 5 aliphatic rings. The Morgan fingerprint density at radius 3 is 2.50 bits per heavy atom. The molecular formula is C16H24N2O4. The molecule has 5 fully saturated rings. The highest BCUT2D eigenvalue weighted by Crippen LogP contribution is 2.60. The lowest BCUT2D eigenvalue weighted by Crippen LogP contribution is -2.63. The van der Waals surface area contributed by atoms with E-state index < -0.39 is 11.5 Å². The van der Waals surface area contributed by atoms with Gasteiger partial charge in [0.15, 0.2) is 0 Å². The van der Waals surface area contributed by atoms with E-state index >= 15 is 0 Å². The molecule has 22 heavy (non-hydrogen) atoms. The Labute approximate surface area is 130 Å². The number of amides is 1. The van der Waals surface area contributed by atoms with Crippen LogP contribution in [-0.2, 0) is 19.1 Å². The van der Waals surface area contributed by atoms with Gasteiger partial charge in [0.25, 0.3) is 0 Å². The predicted molar refractivity (Wildman–Crippen MR) is 77.7 cm³/mol. The van der Waals surface area contributed by atoms with E-state index in [4.69, 9.17) is 15.2 Å². The third-order valence-corrected chi connectivity index (χ3v) is 6.16. The number of rotatable bonds is 3. The molecule has 4 atom stereocenters. The van der Waals surface area contributed by atoms with Crippen molar-refractivity contribution < 1.29 is 19.1 Å². The Bertz CT molecular complexity index is 475. The third-order valence-electron chi connectivity index (χ3n) is 6.16. The molecule has 4 bridgehead atoms. The average Bonchev–Trinajstić information content (AvgIpc) is 2.50. The quantitative estimate of drug-likeness (QED) is 0.727. The summed E-state index contributed by atoms with van der Waals surface area (Å²) in [4.78, 5) is 24.6. The van der Waals surface area contributed by atoms with E-state index in [0.29, 0.717) is 37.5 Å². The number of hydrogen-bond acceptors (Lipinski definition) is 5. The molecule has 0 aromatic heterocycles. The number of morpholine rings is 1. The summed E-state index contributed by atoms with van der Waals surface area (Å²) in [6.07, 6.45) is 4.60. The fourth-order valence-corrected chi connectivity index (χ4v) is 5.47. The molecule has 0 aromatic carbocycles. The van der Waals surface area contributed by atoms with Gasteiger partial charge in [0.2, 0.25) is 5.91 Å². The van der Waals surface area contributed by atoms with Gasteiger partial charge in [-0.2, -0.15) is 0 Å². The van der Waals surface area contributed by atoms with Gasteiger partial charge in [-0.05, 0) is 49.9 Å². The minimum Gasteiger partial charge on any atom is -0.460 e. The zero-order valence-corrected chi connectivity index (χ0v) is 12.8. The molecule has 4 saturated carbocycles. The molecule has 4 unspecified atom stereocenters. The first-order valence-electron chi connectivity index (χ1n) is 8.40. The fraction of sp³-hybridized carbons (Fsp3) is 0.875. The van der Waals surface area contributed by atoms with Gasteiger partial charge >= 0.3 is 5.97 Å². The predicted octanol–water partition coefficient (Wildman–Crippen LogP) is 0.198. The number of nitrogens with two attached hydrogens (primary N) is 1. The average molecular weight is 308 g/mol. The molecule has 6 nitrogen and oxygen atoms in total. The number of nitrogens with one attached hydrogen (secondary N) is 1. The first-order valence-corrected chi connectivity index (χ1v) is 8.40. The molecule has 1 amide bonds. The zero-order valence-electron chi connectivity index (χ0n) is 12.8. The van der Waals surface area contributed by atoms with Crippen LogP contribution in [0.4, 0.5) is 0 Å². The van der Waals surface area contributed by atoms with Gasteiger partial charge in [-0.3, -0.25) is 9.59 Å². The number of esters is 1. The Morgan fingerprint density at radius 2 is 1.91 bits per heavy atom. The third kappa shape index (κ3) is 2.15. The molecule has 3 N–H and O–H groups in total. The van der Waals surface area contributed by atoms with E-state index in [1.54, 1.807) is 0 Å². The van der Waals surface area contributed by atoms with Crippen LogP contribution in [0.1, 0.15) is 32.1 Å². The first-order chi connectivity index (χ1) is 10.6. The summed E-state index contributed by atoms with van der Waals surface area (Å²) in [5.74, 6) is 0.884. The van der Waals surface area contributed by atoms with Gasteiger partial charge < -0.3 is 20.5 Å². The van der Waals surface area contributed by atoms with Crippen LogP contribution >= 0.6 is 0 Å². The Balaban J connectivity index is 1.54. The lowest BCUT2D eigenvalue weighted by Gasteiger charge is -2.58. The SMILES string of the molecule is NC(=O)C12CC3CC(CC(C3)C1OC(=O)C1COCCN1)C2. The van der Waals surface area contributed by atoms with Crippen LogP contribution in [0.5, 0.6) is 0 Å². The Hall–Kier alpha value is -1.14. The van der Waals surface area contributed by atoms with Crippen molar-refractivity contribution in [3.63, 3.8) is 0 Å². The fourth-order valence-electron chi connectivity index (χ4n) is 5.47. The second kappa shape index (κ2) is 5.20. The van der Waals surface area contributed by atoms with Gasteiger partial charge in [0.05, 0.1) is 18.6 Å². The van der Waals surface area contributed by atoms with E-state index in [-0.39, 0.29) is 18.0 Å². The van der Waals surface area contributed by atoms with Gasteiger partial charge in [0.1, 0.15) is 12.1 Å². The summed E-state index contributed by atoms with van der Waals surface area (Å²) in [6.45, 7) is 1.61. The van der Waals surface area contributed by atoms with E-state index in [1.807, 2.05) is 0 Å². The second-order valence-electron chi connectivity index (χ2n) is 7.57. The lowest BCUT2D eigenvalue weighted by atomic mass is 9.48. The minimum absolute atomic E-state index is 0.280. The van der Waals surface area contributed by atoms with Crippen LogP contribution in [0, 0.1) is 23.2 Å². The van der Waals surface area contributed by atoms with Crippen molar-refractivity contribution in [1.82, 2.24) is 5.32 Å². The standard InChI is InChI=1S/C16H24N2O4/c17-15(20)16-6-9-3-10(7-16)5-11(4-9)13(16)22-14(19)12-8-21-2-1-18-12/h9-13,18H,1-8H2,(H2,17,20). The van der Waals surface area contributed by atoms with Crippen molar-refractivity contribution in [2.75, 3.05) is 19.8 Å². The normalized spacial score (nSPS) is 46.5. The van der Waals surface area contributed by atoms with E-state index in [9.17, 15) is 9.59 Å². The van der Waals surface area contributed by atoms with Crippen molar-refractivity contribution in [3.05, 3.63) is 0 Å². The van der Waals surface area contributed by atoms with Crippen molar-refractivity contribution in [2.45, 2.75) is 44.2 Å². The molecule has 4 aliphatic carbocycles. The molecule has 5 rings (SSSR count). The second-order valence-corrected chi connectivity index (χ2v) is 7.57. The molecule has 122 valence electrons. The molecular weight excluding hydrogens is 284 g/mol. The maximum absolute atomic E-state index is 12.4. The van der Waals surface area contributed by atoms with Crippen molar-refractivity contribution in [2.24, 2.45) is 28.9 Å². The van der Waals surface area contributed by atoms with Crippen molar-refractivity contribution in [1.29, 1.82) is 0 Å². The number of carbonyl (C=O) groups excluding carboxylic acids is 2. The Kier molecular flexibility index (Phi) is 3.42. The molecule has 1 saturated heterocycles. The number of primary amides is 1. The molecule has 1 heterocycles. The lowest BCUT2D eigenvalue weighted by molar-refractivity contribution is -0.198. The topological polar surface area (TPSA) is 90.7 Å². The van der Waals surface area contributed by atoms with E-state index in [1.165, 1.54) is 6.42 Å². The number of carbonyl (C=O) groups is 2. The smallest absolute Gasteiger partial charge is 0.325 e. The molecule has 6 heteroatoms. The Morgan fingerprint density at radius 1 is 1.18 bits per heavy atom. The summed E-state index contributed by atoms with van der Waals surface area (Å²) in [5, 5.41) is 3.12. The molecule has 1 aliphatic heterocycles. The minimum atomic E-state index is -0.625. The monoisotopic (exact) mass is 308 g/mol. The largest absolute Gasteiger partial charge is 0.460 e. The van der Waals surface area contributed by atoms with Gasteiger partial charge in [-0.1, -0.05) is 0 Å². The maximum atomic E-state index is 12.4. The number of ether oxygens (including phenoxy) is 2. The van der Waals surface area contributed by atoms with Crippen LogP contribution in [0.15, 0.2) is 0 Å². The summed E-state index contributed by atoms with van der Waals surface area (Å²) in [5.41, 5.74) is 5.14. The van der Waals surface area contributed by atoms with Crippen LogP contribution in [0.2, 0.25) is 0 Å². The van der Waals surface area contributed by atoms with Crippen molar-refractivity contribution in [3.8, 4) is 0 Å². The molecule has 0 aromatic rings. The first kappa shape index (κ1) is 14.5. The van der Waals surface area contributed by atoms with Gasteiger partial charge in [-0.25, -0.2) is 0 Å². The van der Waals surface area contributed by atoms with Gasteiger partial charge in [-0.15, -0.1) is 0 Å². The maximum Gasteiger partial charge on any atom is 0.325 e. The molecule has 0 radical (unpaired) electrons. The summed E-state index contributed by atoms with van der Waals surface area (Å²) in [7, 11) is 0. The summed E-state index contributed by atoms with van der Waals surface area (Å²) in [6, 6.07) is -0.420. The zero-order chi connectivity index (χ0) is 15.3. The van der Waals surface area contributed by atoms with Crippen LogP contribution in [-0.4, -0.2) is 43.8 Å². The summed E-state index contributed by atoms with van der Waals surface area (Å²) >= 11 is 0. The summed E-state index contributed by atoms with van der Waals surface area (Å²) < 4.78 is 11.2. The van der Waals surface area contributed by atoms with Crippen LogP contribution in [0.3, 0.4) is 0 Å². The highest BCUT2D eigenvalue weighted by atomic mass is 16.6. The highest BCUT2D eigenvalue weighted by molar-refractivity contribution is 5.83. The van der Waals surface area contributed by atoms with Gasteiger partial charge in [0, 0.05) is 6.54 Å². The highest BCUT2D eigenvalue weighted by Gasteiger charge is 2.62. The van der Waals surface area contributed by atoms with Crippen LogP contribution < -0.4 is 11.1 Å². The van der Waals surface area contributed by atoms with E-state index in [2.05, 4.69) is 5.32 Å². The van der Waals surface area contributed by atoms with E-state index in [0.717, 1.165) is 25.7 Å². The van der Waals surface area contributed by atoms with Crippen LogP contribution in [0.25, 0.3) is 0 Å². The molecule has 0 spiro atoms. The number of hydrogen-bond donors (Lipinski definition) is 2.